The number of aryl methyl sites for hydroxylation is 2. The molecule has 1 aliphatic rings. The molecule has 0 bridgehead atoms. The maximum Gasteiger partial charge on any atom is 0.240 e. The normalized spacial score (nSPS) is 14.3. The SMILES string of the molecule is C#CCCNS(=O)(=O)c1ccc2c(c1)CCC2. The van der Waals surface area contributed by atoms with Crippen LogP contribution < -0.4 is 4.72 Å². The Morgan fingerprint density at radius 2 is 2.06 bits per heavy atom. The zero-order valence-electron chi connectivity index (χ0n) is 9.57. The molecule has 2 rings (SSSR count). The molecule has 0 heterocycles. The van der Waals surface area contributed by atoms with Crippen LogP contribution >= 0.6 is 0 Å². The lowest BCUT2D eigenvalue weighted by molar-refractivity contribution is 0.582. The van der Waals surface area contributed by atoms with Crippen molar-refractivity contribution in [2.45, 2.75) is 30.6 Å². The molecule has 0 spiro atoms. The lowest BCUT2D eigenvalue weighted by atomic mass is 10.1. The van der Waals surface area contributed by atoms with Gasteiger partial charge in [0.05, 0.1) is 4.90 Å². The van der Waals surface area contributed by atoms with Crippen molar-refractivity contribution in [2.24, 2.45) is 0 Å². The predicted octanol–water partition coefficient (Wildman–Crippen LogP) is 1.48. The van der Waals surface area contributed by atoms with Gasteiger partial charge in [0.25, 0.3) is 0 Å². The molecule has 17 heavy (non-hydrogen) atoms. The molecular formula is C13H15NO2S. The van der Waals surface area contributed by atoms with E-state index in [1.807, 2.05) is 6.07 Å². The predicted molar refractivity (Wildman–Crippen MR) is 67.1 cm³/mol. The van der Waals surface area contributed by atoms with Crippen LogP contribution in [0.25, 0.3) is 0 Å². The van der Waals surface area contributed by atoms with Gasteiger partial charge in [-0.3, -0.25) is 0 Å². The molecule has 0 atom stereocenters. The molecule has 1 N–H and O–H groups in total. The van der Waals surface area contributed by atoms with Gasteiger partial charge in [-0.25, -0.2) is 13.1 Å². The van der Waals surface area contributed by atoms with E-state index in [0.717, 1.165) is 24.8 Å². The molecule has 4 heteroatoms. The molecule has 0 saturated carbocycles. The molecule has 0 aliphatic heterocycles. The van der Waals surface area contributed by atoms with Crippen LogP contribution in [0.4, 0.5) is 0 Å². The van der Waals surface area contributed by atoms with E-state index < -0.39 is 10.0 Å². The van der Waals surface area contributed by atoms with E-state index in [-0.39, 0.29) is 6.54 Å². The van der Waals surface area contributed by atoms with Crippen LogP contribution in [-0.2, 0) is 22.9 Å². The Labute approximate surface area is 102 Å². The van der Waals surface area contributed by atoms with E-state index in [1.54, 1.807) is 12.1 Å². The Morgan fingerprint density at radius 3 is 2.82 bits per heavy atom. The van der Waals surface area contributed by atoms with Gasteiger partial charge < -0.3 is 0 Å². The van der Waals surface area contributed by atoms with Crippen LogP contribution in [-0.4, -0.2) is 15.0 Å². The second-order valence-corrected chi connectivity index (χ2v) is 5.90. The van der Waals surface area contributed by atoms with E-state index in [4.69, 9.17) is 6.42 Å². The summed E-state index contributed by atoms with van der Waals surface area (Å²) in [7, 11) is -3.40. The van der Waals surface area contributed by atoms with Gasteiger partial charge in [0.1, 0.15) is 0 Å². The highest BCUT2D eigenvalue weighted by Gasteiger charge is 2.17. The van der Waals surface area contributed by atoms with Gasteiger partial charge >= 0.3 is 0 Å². The fourth-order valence-electron chi connectivity index (χ4n) is 2.06. The summed E-state index contributed by atoms with van der Waals surface area (Å²) in [6, 6.07) is 5.36. The molecule has 0 saturated heterocycles. The Hall–Kier alpha value is -1.31. The van der Waals surface area contributed by atoms with Gasteiger partial charge in [-0.2, -0.15) is 0 Å². The van der Waals surface area contributed by atoms with Gasteiger partial charge in [-0.15, -0.1) is 12.3 Å². The quantitative estimate of drug-likeness (QED) is 0.649. The zero-order chi connectivity index (χ0) is 12.3. The molecule has 1 aromatic rings. The summed E-state index contributed by atoms with van der Waals surface area (Å²) < 4.78 is 26.4. The highest BCUT2D eigenvalue weighted by Crippen LogP contribution is 2.24. The largest absolute Gasteiger partial charge is 0.240 e. The van der Waals surface area contributed by atoms with Crippen LogP contribution in [0, 0.1) is 12.3 Å². The number of hydrogen-bond donors (Lipinski definition) is 1. The van der Waals surface area contributed by atoms with Gasteiger partial charge in [0, 0.05) is 13.0 Å². The van der Waals surface area contributed by atoms with E-state index in [2.05, 4.69) is 10.6 Å². The summed E-state index contributed by atoms with van der Waals surface area (Å²) in [5.74, 6) is 2.41. The van der Waals surface area contributed by atoms with Crippen LogP contribution in [0.15, 0.2) is 23.1 Å². The van der Waals surface area contributed by atoms with Crippen molar-refractivity contribution in [2.75, 3.05) is 6.54 Å². The Morgan fingerprint density at radius 1 is 1.29 bits per heavy atom. The van der Waals surface area contributed by atoms with E-state index in [9.17, 15) is 8.42 Å². The van der Waals surface area contributed by atoms with E-state index >= 15 is 0 Å². The monoisotopic (exact) mass is 249 g/mol. The number of benzene rings is 1. The minimum absolute atomic E-state index is 0.288. The molecule has 0 unspecified atom stereocenters. The molecule has 1 aliphatic carbocycles. The summed E-state index contributed by atoms with van der Waals surface area (Å²) >= 11 is 0. The lowest BCUT2D eigenvalue weighted by Gasteiger charge is -2.07. The Balaban J connectivity index is 2.19. The fourth-order valence-corrected chi connectivity index (χ4v) is 3.14. The summed E-state index contributed by atoms with van der Waals surface area (Å²) in [6.45, 7) is 0.288. The molecule has 0 radical (unpaired) electrons. The van der Waals surface area contributed by atoms with Gasteiger partial charge in [-0.05, 0) is 42.5 Å². The second kappa shape index (κ2) is 4.91. The van der Waals surface area contributed by atoms with Gasteiger partial charge in [0.2, 0.25) is 10.0 Å². The number of rotatable bonds is 4. The average molecular weight is 249 g/mol. The third kappa shape index (κ3) is 2.68. The number of fused-ring (bicyclic) bond motifs is 1. The number of terminal acetylenes is 1. The van der Waals surface area contributed by atoms with Crippen molar-refractivity contribution in [3.05, 3.63) is 29.3 Å². The minimum atomic E-state index is -3.40. The molecule has 3 nitrogen and oxygen atoms in total. The maximum absolute atomic E-state index is 11.9. The van der Waals surface area contributed by atoms with Crippen LogP contribution in [0.2, 0.25) is 0 Å². The van der Waals surface area contributed by atoms with Crippen molar-refractivity contribution in [1.29, 1.82) is 0 Å². The molecular weight excluding hydrogens is 234 g/mol. The second-order valence-electron chi connectivity index (χ2n) is 4.14. The third-order valence-corrected chi connectivity index (χ3v) is 4.40. The van der Waals surface area contributed by atoms with Crippen LogP contribution in [0.3, 0.4) is 0 Å². The first-order chi connectivity index (χ1) is 8.13. The molecule has 0 aromatic heterocycles. The average Bonchev–Trinajstić information content (AvgIpc) is 2.76. The number of sulfonamides is 1. The summed E-state index contributed by atoms with van der Waals surface area (Å²) in [5, 5.41) is 0. The standard InChI is InChI=1S/C13H15NO2S/c1-2-3-9-14-17(15,16)13-8-7-11-5-4-6-12(11)10-13/h1,7-8,10,14H,3-6,9H2. The van der Waals surface area contributed by atoms with Gasteiger partial charge in [0.15, 0.2) is 0 Å². The highest BCUT2D eigenvalue weighted by atomic mass is 32.2. The molecule has 1 aromatic carbocycles. The first-order valence-corrected chi connectivity index (χ1v) is 7.17. The summed E-state index contributed by atoms with van der Waals surface area (Å²) in [4.78, 5) is 0.343. The molecule has 0 fully saturated rings. The number of nitrogens with one attached hydrogen (secondary N) is 1. The van der Waals surface area contributed by atoms with Crippen molar-refractivity contribution >= 4 is 10.0 Å². The summed E-state index contributed by atoms with van der Waals surface area (Å²) in [6.07, 6.45) is 8.64. The van der Waals surface area contributed by atoms with Crippen molar-refractivity contribution in [1.82, 2.24) is 4.72 Å². The zero-order valence-corrected chi connectivity index (χ0v) is 10.4. The number of hydrogen-bond acceptors (Lipinski definition) is 2. The first-order valence-electron chi connectivity index (χ1n) is 5.68. The van der Waals surface area contributed by atoms with E-state index in [0.29, 0.717) is 11.3 Å². The van der Waals surface area contributed by atoms with E-state index in [1.165, 1.54) is 5.56 Å². The molecule has 90 valence electrons. The first kappa shape index (κ1) is 12.2. The Bertz CT molecular complexity index is 555. The van der Waals surface area contributed by atoms with Crippen LogP contribution in [0.5, 0.6) is 0 Å². The van der Waals surface area contributed by atoms with Gasteiger partial charge in [-0.1, -0.05) is 6.07 Å². The fraction of sp³-hybridized carbons (Fsp3) is 0.385. The van der Waals surface area contributed by atoms with Crippen molar-refractivity contribution in [3.63, 3.8) is 0 Å². The maximum atomic E-state index is 11.9. The summed E-state index contributed by atoms with van der Waals surface area (Å²) in [5.41, 5.74) is 2.43. The highest BCUT2D eigenvalue weighted by molar-refractivity contribution is 7.89. The Kier molecular flexibility index (Phi) is 3.51. The topological polar surface area (TPSA) is 46.2 Å². The third-order valence-electron chi connectivity index (χ3n) is 2.94. The van der Waals surface area contributed by atoms with Crippen molar-refractivity contribution < 1.29 is 8.42 Å². The minimum Gasteiger partial charge on any atom is -0.210 e. The van der Waals surface area contributed by atoms with Crippen molar-refractivity contribution in [3.8, 4) is 12.3 Å². The lowest BCUT2D eigenvalue weighted by Crippen LogP contribution is -2.24. The van der Waals surface area contributed by atoms with Crippen LogP contribution in [0.1, 0.15) is 24.0 Å². The molecule has 0 amide bonds. The smallest absolute Gasteiger partial charge is 0.210 e.